The molecule has 0 aliphatic carbocycles. The lowest BCUT2D eigenvalue weighted by Gasteiger charge is -2.26. The summed E-state index contributed by atoms with van der Waals surface area (Å²) in [7, 11) is 0. The molecule has 0 unspecified atom stereocenters. The van der Waals surface area contributed by atoms with Gasteiger partial charge in [0.05, 0.1) is 12.2 Å². The summed E-state index contributed by atoms with van der Waals surface area (Å²) in [6, 6.07) is 10.2. The number of nitrogens with zero attached hydrogens (tertiary/aromatic N) is 1. The molecule has 0 aliphatic rings. The number of rotatable bonds is 8. The molecule has 3 heteroatoms. The highest BCUT2D eigenvalue weighted by Crippen LogP contribution is 2.08. The predicted octanol–water partition coefficient (Wildman–Crippen LogP) is 2.03. The van der Waals surface area contributed by atoms with Crippen LogP contribution in [0.1, 0.15) is 32.3 Å². The molecule has 2 N–H and O–H groups in total. The summed E-state index contributed by atoms with van der Waals surface area (Å²) in [5.41, 5.74) is 1.21. The summed E-state index contributed by atoms with van der Waals surface area (Å²) >= 11 is 0. The molecule has 3 nitrogen and oxygen atoms in total. The first-order valence-corrected chi connectivity index (χ1v) is 6.78. The molecule has 2 atom stereocenters. The fourth-order valence-corrected chi connectivity index (χ4v) is 1.90. The first-order chi connectivity index (χ1) is 8.65. The van der Waals surface area contributed by atoms with E-state index in [0.717, 1.165) is 19.4 Å². The molecular weight excluding hydrogens is 226 g/mol. The van der Waals surface area contributed by atoms with Gasteiger partial charge in [0.15, 0.2) is 0 Å². The quantitative estimate of drug-likeness (QED) is 0.743. The summed E-state index contributed by atoms with van der Waals surface area (Å²) in [6.07, 6.45) is 0.844. The largest absolute Gasteiger partial charge is 0.392 e. The highest BCUT2D eigenvalue weighted by atomic mass is 16.3. The molecule has 0 heterocycles. The van der Waals surface area contributed by atoms with Gasteiger partial charge in [0.25, 0.3) is 0 Å². The molecule has 0 aromatic heterocycles. The van der Waals surface area contributed by atoms with Crippen LogP contribution in [0.4, 0.5) is 0 Å². The van der Waals surface area contributed by atoms with Crippen LogP contribution in [0.5, 0.6) is 0 Å². The highest BCUT2D eigenvalue weighted by molar-refractivity contribution is 5.14. The first-order valence-electron chi connectivity index (χ1n) is 6.78. The molecule has 0 spiro atoms. The maximum Gasteiger partial charge on any atom is 0.0664 e. The van der Waals surface area contributed by atoms with Gasteiger partial charge in [-0.3, -0.25) is 4.90 Å². The molecular formula is C15H25NO2. The van der Waals surface area contributed by atoms with Gasteiger partial charge >= 0.3 is 0 Å². The van der Waals surface area contributed by atoms with Crippen molar-refractivity contribution in [1.29, 1.82) is 0 Å². The number of hydrogen-bond donors (Lipinski definition) is 2. The van der Waals surface area contributed by atoms with Gasteiger partial charge in [-0.1, -0.05) is 44.2 Å². The minimum atomic E-state index is -0.322. The number of aliphatic hydroxyl groups is 2. The van der Waals surface area contributed by atoms with Gasteiger partial charge in [0.1, 0.15) is 0 Å². The summed E-state index contributed by atoms with van der Waals surface area (Å²) in [5, 5.41) is 19.5. The molecule has 18 heavy (non-hydrogen) atoms. The Morgan fingerprint density at radius 3 is 1.89 bits per heavy atom. The molecule has 0 radical (unpaired) electrons. The van der Waals surface area contributed by atoms with Crippen molar-refractivity contribution in [3.8, 4) is 0 Å². The minimum Gasteiger partial charge on any atom is -0.392 e. The summed E-state index contributed by atoms with van der Waals surface area (Å²) in [4.78, 5) is 2.12. The van der Waals surface area contributed by atoms with Crippen LogP contribution >= 0.6 is 0 Å². The topological polar surface area (TPSA) is 43.7 Å². The van der Waals surface area contributed by atoms with E-state index in [1.807, 2.05) is 32.0 Å². The predicted molar refractivity (Wildman–Crippen MR) is 74.3 cm³/mol. The third-order valence-corrected chi connectivity index (χ3v) is 3.13. The van der Waals surface area contributed by atoms with Crippen LogP contribution in [0.25, 0.3) is 0 Å². The third kappa shape index (κ3) is 5.63. The molecule has 0 aliphatic heterocycles. The van der Waals surface area contributed by atoms with Gasteiger partial charge in [-0.2, -0.15) is 0 Å². The van der Waals surface area contributed by atoms with Crippen molar-refractivity contribution in [2.45, 2.75) is 45.4 Å². The summed E-state index contributed by atoms with van der Waals surface area (Å²) in [5.74, 6) is 0. The second-order valence-electron chi connectivity index (χ2n) is 4.80. The van der Waals surface area contributed by atoms with Crippen molar-refractivity contribution in [3.05, 3.63) is 35.9 Å². The van der Waals surface area contributed by atoms with Crippen molar-refractivity contribution in [2.24, 2.45) is 0 Å². The lowest BCUT2D eigenvalue weighted by molar-refractivity contribution is 0.0624. The van der Waals surface area contributed by atoms with E-state index >= 15 is 0 Å². The van der Waals surface area contributed by atoms with Crippen LogP contribution in [0, 0.1) is 0 Å². The van der Waals surface area contributed by atoms with Crippen molar-refractivity contribution >= 4 is 0 Å². The zero-order valence-corrected chi connectivity index (χ0v) is 11.4. The number of aliphatic hydroxyl groups excluding tert-OH is 2. The van der Waals surface area contributed by atoms with E-state index in [2.05, 4.69) is 17.0 Å². The first kappa shape index (κ1) is 15.2. The van der Waals surface area contributed by atoms with E-state index in [-0.39, 0.29) is 12.2 Å². The van der Waals surface area contributed by atoms with Crippen molar-refractivity contribution in [3.63, 3.8) is 0 Å². The Labute approximate surface area is 110 Å². The normalized spacial score (nSPS) is 14.7. The Bertz CT molecular complexity index is 304. The smallest absolute Gasteiger partial charge is 0.0664 e. The summed E-state index contributed by atoms with van der Waals surface area (Å²) < 4.78 is 0. The van der Waals surface area contributed by atoms with Gasteiger partial charge in [-0.15, -0.1) is 0 Å². The Morgan fingerprint density at radius 1 is 0.944 bits per heavy atom. The van der Waals surface area contributed by atoms with Gasteiger partial charge in [0, 0.05) is 19.6 Å². The standard InChI is InChI=1S/C15H25NO2/c1-3-14(17)11-16(12-15(18)4-2)10-13-8-6-5-7-9-13/h5-9,14-15,17-18H,3-4,10-12H2,1-2H3/t14-,15-/m1/s1. The molecule has 102 valence electrons. The molecule has 0 saturated heterocycles. The van der Waals surface area contributed by atoms with E-state index in [1.54, 1.807) is 0 Å². The Balaban J connectivity index is 2.59. The van der Waals surface area contributed by atoms with Crippen LogP contribution < -0.4 is 0 Å². The second kappa shape index (κ2) is 8.25. The Hall–Kier alpha value is -0.900. The SMILES string of the molecule is CC[C@@H](O)CN(Cc1ccccc1)C[C@H](O)CC. The molecule has 0 bridgehead atoms. The monoisotopic (exact) mass is 251 g/mol. The lowest BCUT2D eigenvalue weighted by atomic mass is 10.1. The lowest BCUT2D eigenvalue weighted by Crippen LogP contribution is -2.37. The van der Waals surface area contributed by atoms with Crippen LogP contribution in [-0.2, 0) is 6.54 Å². The average molecular weight is 251 g/mol. The molecule has 1 rings (SSSR count). The van der Waals surface area contributed by atoms with Crippen LogP contribution in [-0.4, -0.2) is 40.4 Å². The van der Waals surface area contributed by atoms with E-state index in [0.29, 0.717) is 13.1 Å². The maximum atomic E-state index is 9.77. The van der Waals surface area contributed by atoms with Crippen molar-refractivity contribution in [1.82, 2.24) is 4.90 Å². The molecule has 0 amide bonds. The molecule has 0 saturated carbocycles. The molecule has 0 fully saturated rings. The molecule has 1 aromatic rings. The zero-order chi connectivity index (χ0) is 13.4. The van der Waals surface area contributed by atoms with E-state index in [9.17, 15) is 10.2 Å². The fourth-order valence-electron chi connectivity index (χ4n) is 1.90. The molecule has 1 aromatic carbocycles. The van der Waals surface area contributed by atoms with Crippen LogP contribution in [0.15, 0.2) is 30.3 Å². The third-order valence-electron chi connectivity index (χ3n) is 3.13. The maximum absolute atomic E-state index is 9.77. The van der Waals surface area contributed by atoms with Crippen molar-refractivity contribution < 1.29 is 10.2 Å². The Morgan fingerprint density at radius 2 is 1.44 bits per heavy atom. The van der Waals surface area contributed by atoms with E-state index in [4.69, 9.17) is 0 Å². The highest BCUT2D eigenvalue weighted by Gasteiger charge is 2.14. The second-order valence-corrected chi connectivity index (χ2v) is 4.80. The van der Waals surface area contributed by atoms with Gasteiger partial charge in [0.2, 0.25) is 0 Å². The van der Waals surface area contributed by atoms with E-state index in [1.165, 1.54) is 5.56 Å². The minimum absolute atomic E-state index is 0.322. The van der Waals surface area contributed by atoms with Gasteiger partial charge in [-0.05, 0) is 18.4 Å². The average Bonchev–Trinajstić information content (AvgIpc) is 2.39. The fraction of sp³-hybridized carbons (Fsp3) is 0.600. The number of hydrogen-bond acceptors (Lipinski definition) is 3. The zero-order valence-electron chi connectivity index (χ0n) is 11.4. The summed E-state index contributed by atoms with van der Waals surface area (Å²) in [6.45, 7) is 5.95. The van der Waals surface area contributed by atoms with E-state index < -0.39 is 0 Å². The Kier molecular flexibility index (Phi) is 6.94. The van der Waals surface area contributed by atoms with Gasteiger partial charge < -0.3 is 10.2 Å². The van der Waals surface area contributed by atoms with Crippen molar-refractivity contribution in [2.75, 3.05) is 13.1 Å². The van der Waals surface area contributed by atoms with Gasteiger partial charge in [-0.25, -0.2) is 0 Å². The number of benzene rings is 1. The van der Waals surface area contributed by atoms with Crippen LogP contribution in [0.2, 0.25) is 0 Å². The van der Waals surface area contributed by atoms with Crippen LogP contribution in [0.3, 0.4) is 0 Å².